The lowest BCUT2D eigenvalue weighted by Crippen LogP contribution is -2.19. The van der Waals surface area contributed by atoms with E-state index in [-0.39, 0.29) is 5.91 Å². The van der Waals surface area contributed by atoms with Gasteiger partial charge in [0.05, 0.1) is 0 Å². The van der Waals surface area contributed by atoms with E-state index in [0.29, 0.717) is 6.54 Å². The molecule has 2 heteroatoms. The summed E-state index contributed by atoms with van der Waals surface area (Å²) < 4.78 is 0. The zero-order valence-electron chi connectivity index (χ0n) is 10.5. The van der Waals surface area contributed by atoms with Crippen LogP contribution >= 0.6 is 0 Å². The Hall–Kier alpha value is -1.31. The minimum absolute atomic E-state index is 0.0238. The fourth-order valence-corrected chi connectivity index (χ4v) is 1.86. The summed E-state index contributed by atoms with van der Waals surface area (Å²) in [7, 11) is 0. The van der Waals surface area contributed by atoms with Crippen molar-refractivity contribution in [3.8, 4) is 0 Å². The molecule has 1 aromatic carbocycles. The van der Waals surface area contributed by atoms with Crippen molar-refractivity contribution in [3.63, 3.8) is 0 Å². The Kier molecular flexibility index (Phi) is 5.03. The maximum absolute atomic E-state index is 10.8. The van der Waals surface area contributed by atoms with Crippen LogP contribution in [0.4, 0.5) is 0 Å². The summed E-state index contributed by atoms with van der Waals surface area (Å²) in [6.07, 6.45) is 3.38. The Bertz CT molecular complexity index is 358. The predicted molar refractivity (Wildman–Crippen MR) is 67.3 cm³/mol. The lowest BCUT2D eigenvalue weighted by Gasteiger charge is -2.10. The largest absolute Gasteiger partial charge is 0.352 e. The summed E-state index contributed by atoms with van der Waals surface area (Å²) in [6.45, 7) is 6.56. The second kappa shape index (κ2) is 6.31. The lowest BCUT2D eigenvalue weighted by atomic mass is 9.98. The van der Waals surface area contributed by atoms with Gasteiger partial charge in [0, 0.05) is 13.5 Å². The second-order valence-electron chi connectivity index (χ2n) is 4.12. The zero-order chi connectivity index (χ0) is 12.0. The molecular weight excluding hydrogens is 198 g/mol. The molecule has 0 aliphatic carbocycles. The first-order chi connectivity index (χ1) is 7.67. The molecule has 0 bridgehead atoms. The molecule has 0 aliphatic heterocycles. The molecule has 0 saturated heterocycles. The van der Waals surface area contributed by atoms with Crippen LogP contribution < -0.4 is 5.32 Å². The molecule has 0 fully saturated rings. The molecule has 16 heavy (non-hydrogen) atoms. The van der Waals surface area contributed by atoms with Crippen LogP contribution in [0.1, 0.15) is 43.9 Å². The number of amides is 1. The average Bonchev–Trinajstić information content (AvgIpc) is 2.28. The van der Waals surface area contributed by atoms with Crippen molar-refractivity contribution in [1.82, 2.24) is 5.32 Å². The highest BCUT2D eigenvalue weighted by atomic mass is 16.1. The van der Waals surface area contributed by atoms with Crippen molar-refractivity contribution in [2.45, 2.75) is 46.6 Å². The lowest BCUT2D eigenvalue weighted by molar-refractivity contribution is -0.119. The molecule has 88 valence electrons. The molecular formula is C14H21NO. The van der Waals surface area contributed by atoms with Crippen LogP contribution in [0.3, 0.4) is 0 Å². The van der Waals surface area contributed by atoms with E-state index in [1.165, 1.54) is 23.1 Å². The summed E-state index contributed by atoms with van der Waals surface area (Å²) in [5, 5.41) is 2.83. The van der Waals surface area contributed by atoms with E-state index >= 15 is 0 Å². The number of nitrogens with one attached hydrogen (secondary N) is 1. The van der Waals surface area contributed by atoms with Crippen molar-refractivity contribution in [3.05, 3.63) is 34.9 Å². The first-order valence-electron chi connectivity index (χ1n) is 6.02. The molecule has 0 heterocycles. The number of carbonyl (C=O) groups is 1. The standard InChI is InChI=1S/C14H21NO/c1-4-6-14-8-7-12(9-13(14)5-2)10-15-11(3)16/h7-9H,4-6,10H2,1-3H3,(H,15,16). The van der Waals surface area contributed by atoms with Gasteiger partial charge in [-0.25, -0.2) is 0 Å². The minimum Gasteiger partial charge on any atom is -0.352 e. The number of hydrogen-bond acceptors (Lipinski definition) is 1. The minimum atomic E-state index is 0.0238. The van der Waals surface area contributed by atoms with Crippen LogP contribution in [0, 0.1) is 0 Å². The fraction of sp³-hybridized carbons (Fsp3) is 0.500. The summed E-state index contributed by atoms with van der Waals surface area (Å²) in [5.41, 5.74) is 4.04. The summed E-state index contributed by atoms with van der Waals surface area (Å²) >= 11 is 0. The van der Waals surface area contributed by atoms with Crippen molar-refractivity contribution >= 4 is 5.91 Å². The van der Waals surface area contributed by atoms with Gasteiger partial charge in [0.2, 0.25) is 5.91 Å². The third kappa shape index (κ3) is 3.69. The number of carbonyl (C=O) groups excluding carboxylic acids is 1. The van der Waals surface area contributed by atoms with Gasteiger partial charge in [0.1, 0.15) is 0 Å². The highest BCUT2D eigenvalue weighted by molar-refractivity contribution is 5.72. The molecule has 1 N–H and O–H groups in total. The number of rotatable bonds is 5. The highest BCUT2D eigenvalue weighted by Gasteiger charge is 2.02. The molecule has 0 unspecified atom stereocenters. The topological polar surface area (TPSA) is 29.1 Å². The van der Waals surface area contributed by atoms with Crippen LogP contribution in [0.25, 0.3) is 0 Å². The van der Waals surface area contributed by atoms with Gasteiger partial charge in [0.25, 0.3) is 0 Å². The Morgan fingerprint density at radius 1 is 1.25 bits per heavy atom. The van der Waals surface area contributed by atoms with Gasteiger partial charge in [-0.2, -0.15) is 0 Å². The van der Waals surface area contributed by atoms with Crippen molar-refractivity contribution < 1.29 is 4.79 Å². The monoisotopic (exact) mass is 219 g/mol. The summed E-state index contributed by atoms with van der Waals surface area (Å²) in [5.74, 6) is 0.0238. The van der Waals surface area contributed by atoms with Crippen LogP contribution in [0.15, 0.2) is 18.2 Å². The van der Waals surface area contributed by atoms with Crippen LogP contribution in [0.2, 0.25) is 0 Å². The third-order valence-corrected chi connectivity index (χ3v) is 2.71. The Morgan fingerprint density at radius 2 is 2.00 bits per heavy atom. The Labute approximate surface area is 98.1 Å². The van der Waals surface area contributed by atoms with Gasteiger partial charge in [-0.1, -0.05) is 38.5 Å². The van der Waals surface area contributed by atoms with E-state index in [4.69, 9.17) is 0 Å². The molecule has 2 nitrogen and oxygen atoms in total. The second-order valence-corrected chi connectivity index (χ2v) is 4.12. The summed E-state index contributed by atoms with van der Waals surface area (Å²) in [6, 6.07) is 6.51. The maximum Gasteiger partial charge on any atom is 0.217 e. The zero-order valence-corrected chi connectivity index (χ0v) is 10.5. The first kappa shape index (κ1) is 12.8. The normalized spacial score (nSPS) is 10.2. The Balaban J connectivity index is 2.77. The van der Waals surface area contributed by atoms with Gasteiger partial charge >= 0.3 is 0 Å². The van der Waals surface area contributed by atoms with Gasteiger partial charge in [-0.05, 0) is 29.5 Å². The number of aryl methyl sites for hydroxylation is 2. The molecule has 0 atom stereocenters. The van der Waals surface area contributed by atoms with E-state index in [1.54, 1.807) is 6.92 Å². The quantitative estimate of drug-likeness (QED) is 0.810. The first-order valence-corrected chi connectivity index (χ1v) is 6.02. The molecule has 0 saturated carbocycles. The molecule has 1 amide bonds. The molecule has 0 aromatic heterocycles. The SMILES string of the molecule is CCCc1ccc(CNC(C)=O)cc1CC. The van der Waals surface area contributed by atoms with E-state index in [9.17, 15) is 4.79 Å². The van der Waals surface area contributed by atoms with Crippen molar-refractivity contribution in [2.24, 2.45) is 0 Å². The van der Waals surface area contributed by atoms with Gasteiger partial charge < -0.3 is 5.32 Å². The van der Waals surface area contributed by atoms with Crippen LogP contribution in [-0.4, -0.2) is 5.91 Å². The molecule has 1 rings (SSSR count). The van der Waals surface area contributed by atoms with E-state index < -0.39 is 0 Å². The molecule has 0 aliphatic rings. The number of hydrogen-bond donors (Lipinski definition) is 1. The predicted octanol–water partition coefficient (Wildman–Crippen LogP) is 2.84. The van der Waals surface area contributed by atoms with E-state index in [1.807, 2.05) is 0 Å². The third-order valence-electron chi connectivity index (χ3n) is 2.71. The highest BCUT2D eigenvalue weighted by Crippen LogP contribution is 2.14. The molecule has 0 spiro atoms. The maximum atomic E-state index is 10.8. The van der Waals surface area contributed by atoms with Gasteiger partial charge in [0.15, 0.2) is 0 Å². The number of benzene rings is 1. The molecule has 0 radical (unpaired) electrons. The summed E-state index contributed by atoms with van der Waals surface area (Å²) in [4.78, 5) is 10.8. The van der Waals surface area contributed by atoms with Crippen LogP contribution in [-0.2, 0) is 24.2 Å². The van der Waals surface area contributed by atoms with Gasteiger partial charge in [-0.15, -0.1) is 0 Å². The van der Waals surface area contributed by atoms with Gasteiger partial charge in [-0.3, -0.25) is 4.79 Å². The van der Waals surface area contributed by atoms with Crippen molar-refractivity contribution in [1.29, 1.82) is 0 Å². The van der Waals surface area contributed by atoms with E-state index in [2.05, 4.69) is 37.4 Å². The smallest absolute Gasteiger partial charge is 0.217 e. The van der Waals surface area contributed by atoms with E-state index in [0.717, 1.165) is 12.8 Å². The Morgan fingerprint density at radius 3 is 2.56 bits per heavy atom. The van der Waals surface area contributed by atoms with Crippen molar-refractivity contribution in [2.75, 3.05) is 0 Å². The fourth-order valence-electron chi connectivity index (χ4n) is 1.86. The average molecular weight is 219 g/mol. The van der Waals surface area contributed by atoms with Crippen LogP contribution in [0.5, 0.6) is 0 Å². The molecule has 1 aromatic rings.